The summed E-state index contributed by atoms with van der Waals surface area (Å²) in [6.07, 6.45) is 5.64. The van der Waals surface area contributed by atoms with Gasteiger partial charge in [0.25, 0.3) is 0 Å². The zero-order valence-corrected chi connectivity index (χ0v) is 16.6. The number of rotatable bonds is 6. The maximum atomic E-state index is 9.47. The van der Waals surface area contributed by atoms with Crippen LogP contribution in [0.1, 0.15) is 11.4 Å². The van der Waals surface area contributed by atoms with E-state index in [4.69, 9.17) is 15.1 Å². The van der Waals surface area contributed by atoms with E-state index in [9.17, 15) is 5.11 Å². The van der Waals surface area contributed by atoms with Crippen LogP contribution in [0.2, 0.25) is 0 Å². The zero-order valence-electron chi connectivity index (χ0n) is 16.6. The monoisotopic (exact) mass is 412 g/mol. The molecule has 0 aliphatic heterocycles. The maximum Gasteiger partial charge on any atom is 0.226 e. The molecule has 0 bridgehead atoms. The molecule has 154 valence electrons. The maximum absolute atomic E-state index is 9.47. The number of aliphatic hydroxyl groups is 1. The van der Waals surface area contributed by atoms with Crippen molar-refractivity contribution in [1.82, 2.24) is 24.7 Å². The number of hydrogen-bond donors (Lipinski definition) is 2. The van der Waals surface area contributed by atoms with Crippen LogP contribution in [0.3, 0.4) is 0 Å². The summed E-state index contributed by atoms with van der Waals surface area (Å²) in [6.45, 7) is 0.397. The molecule has 0 saturated heterocycles. The highest BCUT2D eigenvalue weighted by Gasteiger charge is 2.17. The number of pyridine rings is 2. The summed E-state index contributed by atoms with van der Waals surface area (Å²) in [6, 6.07) is 15.4. The second-order valence-electron chi connectivity index (χ2n) is 7.05. The van der Waals surface area contributed by atoms with Crippen molar-refractivity contribution in [3.05, 3.63) is 78.6 Å². The average Bonchev–Trinajstić information content (AvgIpc) is 3.49. The molecule has 0 unspecified atom stereocenters. The molecule has 0 atom stereocenters. The molecule has 0 saturated carbocycles. The van der Waals surface area contributed by atoms with Crippen LogP contribution in [0, 0.1) is 0 Å². The fourth-order valence-corrected chi connectivity index (χ4v) is 3.59. The van der Waals surface area contributed by atoms with E-state index in [0.717, 1.165) is 33.4 Å². The lowest BCUT2D eigenvalue weighted by Gasteiger charge is -2.09. The Labute approximate surface area is 178 Å². The Morgan fingerprint density at radius 2 is 1.90 bits per heavy atom. The molecule has 4 heterocycles. The van der Waals surface area contributed by atoms with Crippen molar-refractivity contribution in [2.45, 2.75) is 13.0 Å². The molecular formula is C23H20N6O2. The number of nitrogens with two attached hydrogens (primary N) is 1. The van der Waals surface area contributed by atoms with Crippen LogP contribution in [-0.4, -0.2) is 36.4 Å². The lowest BCUT2D eigenvalue weighted by molar-refractivity contribution is 0.276. The Morgan fingerprint density at radius 1 is 1.03 bits per heavy atom. The number of hydrogen-bond acceptors (Lipinski definition) is 7. The molecule has 5 aromatic rings. The second-order valence-corrected chi connectivity index (χ2v) is 7.05. The van der Waals surface area contributed by atoms with Crippen LogP contribution >= 0.6 is 0 Å². The van der Waals surface area contributed by atoms with Gasteiger partial charge in [0.2, 0.25) is 5.89 Å². The van der Waals surface area contributed by atoms with Crippen LogP contribution in [0.15, 0.2) is 71.6 Å². The fraction of sp³-hybridized carbons (Fsp3) is 0.130. The van der Waals surface area contributed by atoms with E-state index in [0.29, 0.717) is 30.4 Å². The third-order valence-electron chi connectivity index (χ3n) is 5.03. The van der Waals surface area contributed by atoms with Gasteiger partial charge in [-0.3, -0.25) is 4.98 Å². The van der Waals surface area contributed by atoms with Crippen molar-refractivity contribution in [3.8, 4) is 28.5 Å². The number of fused-ring (bicyclic) bond motifs is 1. The van der Waals surface area contributed by atoms with Gasteiger partial charge < -0.3 is 15.3 Å². The van der Waals surface area contributed by atoms with Gasteiger partial charge in [-0.05, 0) is 42.9 Å². The SMILES string of the molecule is NCCc1cccc(-c2cc(-c3ncco3)c3cnn(-c4cccc(CO)n4)c3c2)n1. The summed E-state index contributed by atoms with van der Waals surface area (Å²) < 4.78 is 7.34. The predicted molar refractivity (Wildman–Crippen MR) is 116 cm³/mol. The Kier molecular flexibility index (Phi) is 4.99. The molecule has 0 amide bonds. The lowest BCUT2D eigenvalue weighted by Crippen LogP contribution is -2.04. The van der Waals surface area contributed by atoms with Gasteiger partial charge in [-0.2, -0.15) is 5.10 Å². The van der Waals surface area contributed by atoms with E-state index in [1.165, 1.54) is 0 Å². The van der Waals surface area contributed by atoms with Crippen molar-refractivity contribution in [3.63, 3.8) is 0 Å². The minimum atomic E-state index is -0.141. The van der Waals surface area contributed by atoms with Crippen molar-refractivity contribution in [1.29, 1.82) is 0 Å². The number of oxazole rings is 1. The largest absolute Gasteiger partial charge is 0.445 e. The Balaban J connectivity index is 1.74. The van der Waals surface area contributed by atoms with E-state index < -0.39 is 0 Å². The van der Waals surface area contributed by atoms with Crippen LogP contribution in [-0.2, 0) is 13.0 Å². The number of aliphatic hydroxyl groups excluding tert-OH is 1. The van der Waals surface area contributed by atoms with Gasteiger partial charge in [-0.15, -0.1) is 0 Å². The Morgan fingerprint density at radius 3 is 2.71 bits per heavy atom. The van der Waals surface area contributed by atoms with Gasteiger partial charge in [0.1, 0.15) is 6.26 Å². The van der Waals surface area contributed by atoms with Gasteiger partial charge in [0.15, 0.2) is 5.82 Å². The highest BCUT2D eigenvalue weighted by atomic mass is 16.3. The lowest BCUT2D eigenvalue weighted by atomic mass is 10.0. The normalized spacial score (nSPS) is 11.3. The van der Waals surface area contributed by atoms with Crippen LogP contribution < -0.4 is 5.73 Å². The first-order valence-corrected chi connectivity index (χ1v) is 9.92. The molecule has 0 spiro atoms. The molecule has 3 N–H and O–H groups in total. The molecule has 4 aromatic heterocycles. The summed E-state index contributed by atoms with van der Waals surface area (Å²) >= 11 is 0. The van der Waals surface area contributed by atoms with E-state index >= 15 is 0 Å². The molecule has 0 aliphatic rings. The molecular weight excluding hydrogens is 392 g/mol. The third-order valence-corrected chi connectivity index (χ3v) is 5.03. The zero-order chi connectivity index (χ0) is 21.2. The second kappa shape index (κ2) is 8.10. The molecule has 1 aromatic carbocycles. The van der Waals surface area contributed by atoms with Gasteiger partial charge in [0, 0.05) is 28.6 Å². The van der Waals surface area contributed by atoms with E-state index in [2.05, 4.69) is 15.1 Å². The van der Waals surface area contributed by atoms with Gasteiger partial charge in [-0.25, -0.2) is 14.6 Å². The van der Waals surface area contributed by atoms with Gasteiger partial charge in [-0.1, -0.05) is 12.1 Å². The van der Waals surface area contributed by atoms with Crippen molar-refractivity contribution in [2.24, 2.45) is 5.73 Å². The summed E-state index contributed by atoms with van der Waals surface area (Å²) in [5.74, 6) is 1.11. The number of benzene rings is 1. The number of nitrogens with zero attached hydrogens (tertiary/aromatic N) is 5. The van der Waals surface area contributed by atoms with Crippen LogP contribution in [0.25, 0.3) is 39.4 Å². The molecule has 0 fully saturated rings. The number of aromatic nitrogens is 5. The molecule has 5 rings (SSSR count). The molecule has 8 nitrogen and oxygen atoms in total. The standard InChI is InChI=1S/C23H20N6O2/c24-8-7-16-3-1-5-20(27-16)15-11-18(23-25-9-10-31-23)19-13-26-29(21(19)12-15)22-6-2-4-17(14-30)28-22/h1-6,9-13,30H,7-8,14,24H2. The van der Waals surface area contributed by atoms with Gasteiger partial charge in [0.05, 0.1) is 35.9 Å². The smallest absolute Gasteiger partial charge is 0.226 e. The predicted octanol–water partition coefficient (Wildman–Crippen LogP) is 3.13. The molecule has 31 heavy (non-hydrogen) atoms. The minimum Gasteiger partial charge on any atom is -0.445 e. The minimum absolute atomic E-state index is 0.141. The van der Waals surface area contributed by atoms with E-state index in [1.54, 1.807) is 29.4 Å². The third kappa shape index (κ3) is 3.58. The fourth-order valence-electron chi connectivity index (χ4n) is 3.59. The average molecular weight is 412 g/mol. The Hall–Kier alpha value is -3.88. The highest BCUT2D eigenvalue weighted by Crippen LogP contribution is 2.33. The topological polar surface area (TPSA) is 116 Å². The summed E-state index contributed by atoms with van der Waals surface area (Å²) in [4.78, 5) is 13.6. The molecule has 0 aliphatic carbocycles. The first-order valence-electron chi connectivity index (χ1n) is 9.92. The van der Waals surface area contributed by atoms with E-state index in [1.807, 2.05) is 42.5 Å². The Bertz CT molecular complexity index is 1340. The van der Waals surface area contributed by atoms with Crippen molar-refractivity contribution in [2.75, 3.05) is 6.54 Å². The summed E-state index contributed by atoms with van der Waals surface area (Å²) in [5, 5.41) is 14.9. The van der Waals surface area contributed by atoms with Crippen LogP contribution in [0.5, 0.6) is 0 Å². The van der Waals surface area contributed by atoms with Crippen molar-refractivity contribution >= 4 is 10.9 Å². The summed E-state index contributed by atoms with van der Waals surface area (Å²) in [7, 11) is 0. The first kappa shape index (κ1) is 19.1. The van der Waals surface area contributed by atoms with E-state index in [-0.39, 0.29) is 6.61 Å². The quantitative estimate of drug-likeness (QED) is 0.440. The highest BCUT2D eigenvalue weighted by molar-refractivity contribution is 5.96. The van der Waals surface area contributed by atoms with Crippen molar-refractivity contribution < 1.29 is 9.52 Å². The molecule has 8 heteroatoms. The first-order chi connectivity index (χ1) is 15.3. The van der Waals surface area contributed by atoms with Crippen LogP contribution in [0.4, 0.5) is 0 Å². The molecule has 0 radical (unpaired) electrons. The summed E-state index contributed by atoms with van der Waals surface area (Å²) in [5.41, 5.74) is 10.6. The van der Waals surface area contributed by atoms with Gasteiger partial charge >= 0.3 is 0 Å².